The van der Waals surface area contributed by atoms with Gasteiger partial charge in [0.25, 0.3) is 0 Å². The second-order valence-electron chi connectivity index (χ2n) is 10.8. The number of allylic oxidation sites excluding steroid dienone is 2. The summed E-state index contributed by atoms with van der Waals surface area (Å²) >= 11 is 0. The van der Waals surface area contributed by atoms with Gasteiger partial charge in [0.1, 0.15) is 5.75 Å². The SMILES string of the molecule is CCCOc1ccc(C2CCC(/C=C/C#Cc3ccc(C4CCC(CCC)CC4)cc3)CC2)cc1. The van der Waals surface area contributed by atoms with Crippen LogP contribution in [0.5, 0.6) is 5.75 Å². The molecule has 1 heteroatoms. The van der Waals surface area contributed by atoms with Gasteiger partial charge in [-0.3, -0.25) is 0 Å². The van der Waals surface area contributed by atoms with Crippen molar-refractivity contribution in [3.63, 3.8) is 0 Å². The van der Waals surface area contributed by atoms with Crippen LogP contribution in [-0.4, -0.2) is 6.61 Å². The Morgan fingerprint density at radius 3 is 1.94 bits per heavy atom. The molecule has 0 heterocycles. The van der Waals surface area contributed by atoms with Crippen LogP contribution in [0.4, 0.5) is 0 Å². The molecule has 0 aromatic heterocycles. The van der Waals surface area contributed by atoms with Gasteiger partial charge < -0.3 is 4.74 Å². The molecule has 0 amide bonds. The van der Waals surface area contributed by atoms with E-state index in [1.807, 2.05) is 0 Å². The largest absolute Gasteiger partial charge is 0.494 e. The third-order valence-electron chi connectivity index (χ3n) is 8.19. The lowest BCUT2D eigenvalue weighted by molar-refractivity contribution is 0.308. The van der Waals surface area contributed by atoms with Crippen LogP contribution in [0.1, 0.15) is 113 Å². The van der Waals surface area contributed by atoms with Gasteiger partial charge in [-0.2, -0.15) is 0 Å². The monoisotopic (exact) mass is 468 g/mol. The van der Waals surface area contributed by atoms with Crippen molar-refractivity contribution in [1.82, 2.24) is 0 Å². The Bertz CT molecular complexity index is 956. The van der Waals surface area contributed by atoms with Crippen molar-refractivity contribution in [3.05, 3.63) is 77.4 Å². The third-order valence-corrected chi connectivity index (χ3v) is 8.19. The normalized spacial score (nSPS) is 24.6. The standard InChI is InChI=1S/C34H44O/c1-3-7-27-10-16-30(17-11-27)31-18-12-28(13-19-31)8-5-6-9-29-14-20-32(21-15-29)33-22-24-34(25-23-33)35-26-4-2/h6,9,12-13,18-19,22-25,27,29-30,32H,3-4,7,10-11,14-17,20-21,26H2,1-2H3/b9-6+. The molecule has 186 valence electrons. The molecular weight excluding hydrogens is 424 g/mol. The minimum Gasteiger partial charge on any atom is -0.494 e. The third kappa shape index (κ3) is 7.76. The molecule has 2 aliphatic rings. The first-order valence-electron chi connectivity index (χ1n) is 14.3. The fourth-order valence-electron chi connectivity index (χ4n) is 6.04. The first-order chi connectivity index (χ1) is 17.2. The lowest BCUT2D eigenvalue weighted by atomic mass is 9.77. The first-order valence-corrected chi connectivity index (χ1v) is 14.3. The molecule has 2 fully saturated rings. The van der Waals surface area contributed by atoms with Crippen LogP contribution >= 0.6 is 0 Å². The number of benzene rings is 2. The summed E-state index contributed by atoms with van der Waals surface area (Å²) in [4.78, 5) is 0. The molecule has 2 aromatic carbocycles. The Hall–Kier alpha value is -2.46. The van der Waals surface area contributed by atoms with E-state index < -0.39 is 0 Å². The van der Waals surface area contributed by atoms with E-state index in [4.69, 9.17) is 4.74 Å². The smallest absolute Gasteiger partial charge is 0.119 e. The van der Waals surface area contributed by atoms with Crippen LogP contribution in [-0.2, 0) is 0 Å². The predicted octanol–water partition coefficient (Wildman–Crippen LogP) is 9.43. The predicted molar refractivity (Wildman–Crippen MR) is 149 cm³/mol. The van der Waals surface area contributed by atoms with Crippen molar-refractivity contribution < 1.29 is 4.74 Å². The van der Waals surface area contributed by atoms with Gasteiger partial charge in [0, 0.05) is 5.56 Å². The molecular formula is C34H44O. The van der Waals surface area contributed by atoms with Gasteiger partial charge in [0.05, 0.1) is 6.61 Å². The average molecular weight is 469 g/mol. The van der Waals surface area contributed by atoms with Gasteiger partial charge in [-0.25, -0.2) is 0 Å². The molecule has 0 spiro atoms. The topological polar surface area (TPSA) is 9.23 Å². The molecule has 0 aliphatic heterocycles. The maximum absolute atomic E-state index is 5.72. The molecule has 4 rings (SSSR count). The average Bonchev–Trinajstić information content (AvgIpc) is 2.92. The summed E-state index contributed by atoms with van der Waals surface area (Å²) in [6.45, 7) is 5.26. The Kier molecular flexibility index (Phi) is 9.94. The number of hydrogen-bond donors (Lipinski definition) is 0. The lowest BCUT2D eigenvalue weighted by Crippen LogP contribution is -2.13. The van der Waals surface area contributed by atoms with Crippen molar-refractivity contribution in [1.29, 1.82) is 0 Å². The van der Waals surface area contributed by atoms with Gasteiger partial charge in [0.15, 0.2) is 0 Å². The van der Waals surface area contributed by atoms with Crippen molar-refractivity contribution in [2.45, 2.75) is 96.3 Å². The zero-order valence-electron chi connectivity index (χ0n) is 22.0. The van der Waals surface area contributed by atoms with E-state index in [9.17, 15) is 0 Å². The summed E-state index contributed by atoms with van der Waals surface area (Å²) < 4.78 is 5.72. The summed E-state index contributed by atoms with van der Waals surface area (Å²) in [7, 11) is 0. The van der Waals surface area contributed by atoms with E-state index >= 15 is 0 Å². The van der Waals surface area contributed by atoms with E-state index in [2.05, 4.69) is 86.4 Å². The zero-order valence-corrected chi connectivity index (χ0v) is 22.0. The van der Waals surface area contributed by atoms with Crippen molar-refractivity contribution >= 4 is 0 Å². The zero-order chi connectivity index (χ0) is 24.3. The van der Waals surface area contributed by atoms with Crippen LogP contribution in [0.25, 0.3) is 0 Å². The Morgan fingerprint density at radius 1 is 0.743 bits per heavy atom. The molecule has 0 atom stereocenters. The molecule has 0 N–H and O–H groups in total. The summed E-state index contributed by atoms with van der Waals surface area (Å²) in [5, 5.41) is 0. The van der Waals surface area contributed by atoms with Crippen LogP contribution in [0.3, 0.4) is 0 Å². The van der Waals surface area contributed by atoms with Crippen LogP contribution in [0, 0.1) is 23.7 Å². The van der Waals surface area contributed by atoms with E-state index in [0.717, 1.165) is 36.2 Å². The molecule has 35 heavy (non-hydrogen) atoms. The molecule has 2 saturated carbocycles. The number of hydrogen-bond acceptors (Lipinski definition) is 1. The second kappa shape index (κ2) is 13.6. The van der Waals surface area contributed by atoms with Crippen molar-refractivity contribution in [2.24, 2.45) is 11.8 Å². The fraction of sp³-hybridized carbons (Fsp3) is 0.529. The molecule has 1 nitrogen and oxygen atoms in total. The van der Waals surface area contributed by atoms with Gasteiger partial charge in [-0.1, -0.05) is 68.9 Å². The Balaban J connectivity index is 1.20. The Labute approximate surface area is 214 Å². The van der Waals surface area contributed by atoms with Gasteiger partial charge >= 0.3 is 0 Å². The lowest BCUT2D eigenvalue weighted by Gasteiger charge is -2.28. The molecule has 0 bridgehead atoms. The number of rotatable bonds is 8. The van der Waals surface area contributed by atoms with Crippen LogP contribution in [0.2, 0.25) is 0 Å². The van der Waals surface area contributed by atoms with Crippen LogP contribution < -0.4 is 4.74 Å². The quantitative estimate of drug-likeness (QED) is 0.351. The van der Waals surface area contributed by atoms with E-state index in [0.29, 0.717) is 11.8 Å². The maximum Gasteiger partial charge on any atom is 0.119 e. The molecule has 2 aromatic rings. The summed E-state index contributed by atoms with van der Waals surface area (Å²) in [6.07, 6.45) is 18.8. The molecule has 2 aliphatic carbocycles. The fourth-order valence-corrected chi connectivity index (χ4v) is 6.04. The second-order valence-corrected chi connectivity index (χ2v) is 10.8. The van der Waals surface area contributed by atoms with Crippen molar-refractivity contribution in [2.75, 3.05) is 6.61 Å². The highest BCUT2D eigenvalue weighted by Crippen LogP contribution is 2.38. The summed E-state index contributed by atoms with van der Waals surface area (Å²) in [5.41, 5.74) is 4.11. The van der Waals surface area contributed by atoms with E-state index in [1.165, 1.54) is 75.3 Å². The minimum atomic E-state index is 0.665. The van der Waals surface area contributed by atoms with E-state index in [1.54, 1.807) is 0 Å². The summed E-state index contributed by atoms with van der Waals surface area (Å²) in [5.74, 6) is 10.7. The van der Waals surface area contributed by atoms with Gasteiger partial charge in [0.2, 0.25) is 0 Å². The molecule has 0 saturated heterocycles. The van der Waals surface area contributed by atoms with Gasteiger partial charge in [-0.15, -0.1) is 0 Å². The molecule has 0 radical (unpaired) electrons. The van der Waals surface area contributed by atoms with Crippen LogP contribution in [0.15, 0.2) is 60.7 Å². The van der Waals surface area contributed by atoms with Crippen molar-refractivity contribution in [3.8, 4) is 17.6 Å². The Morgan fingerprint density at radius 2 is 1.34 bits per heavy atom. The maximum atomic E-state index is 5.72. The number of ether oxygens (including phenoxy) is 1. The summed E-state index contributed by atoms with van der Waals surface area (Å²) in [6, 6.07) is 17.9. The highest BCUT2D eigenvalue weighted by molar-refractivity contribution is 5.39. The van der Waals surface area contributed by atoms with E-state index in [-0.39, 0.29) is 0 Å². The highest BCUT2D eigenvalue weighted by atomic mass is 16.5. The first kappa shape index (κ1) is 25.6. The molecule has 0 unspecified atom stereocenters. The van der Waals surface area contributed by atoms with Gasteiger partial charge in [-0.05, 0) is 123 Å². The minimum absolute atomic E-state index is 0.665. The highest BCUT2D eigenvalue weighted by Gasteiger charge is 2.22.